The summed E-state index contributed by atoms with van der Waals surface area (Å²) in [5.41, 5.74) is 0.325. The molecule has 0 bridgehead atoms. The monoisotopic (exact) mass is 340 g/mol. The van der Waals surface area contributed by atoms with E-state index in [2.05, 4.69) is 9.47 Å². The second-order valence-corrected chi connectivity index (χ2v) is 4.64. The molecule has 0 aromatic heterocycles. The molecular weight excluding hydrogens is 327 g/mol. The van der Waals surface area contributed by atoms with Crippen molar-refractivity contribution in [1.29, 1.82) is 0 Å². The topological polar surface area (TPSA) is 52.6 Å². The van der Waals surface area contributed by atoms with E-state index >= 15 is 0 Å². The Kier molecular flexibility index (Phi) is 8.72. The molecule has 0 saturated heterocycles. The predicted molar refractivity (Wildman–Crippen MR) is 85.0 cm³/mol. The molecule has 22 heavy (non-hydrogen) atoms. The molecule has 0 aliphatic heterocycles. The number of halogens is 2. The van der Waals surface area contributed by atoms with Gasteiger partial charge in [0.15, 0.2) is 0 Å². The van der Waals surface area contributed by atoms with Crippen molar-refractivity contribution in [3.05, 3.63) is 71.8 Å². The average Bonchev–Trinajstić information content (AvgIpc) is 2.53. The zero-order chi connectivity index (χ0) is 16.2. The van der Waals surface area contributed by atoms with Crippen molar-refractivity contribution in [2.24, 2.45) is 0 Å². The van der Waals surface area contributed by atoms with E-state index in [-0.39, 0.29) is 13.2 Å². The minimum Gasteiger partial charge on any atom is -0.449 e. The molecule has 0 amide bonds. The highest BCUT2D eigenvalue weighted by atomic mass is 35.5. The van der Waals surface area contributed by atoms with E-state index in [4.69, 9.17) is 23.2 Å². The Morgan fingerprint density at radius 3 is 1.27 bits per heavy atom. The van der Waals surface area contributed by atoms with Crippen molar-refractivity contribution in [3.8, 4) is 0 Å². The molecule has 0 spiro atoms. The quantitative estimate of drug-likeness (QED) is 0.724. The van der Waals surface area contributed by atoms with Crippen molar-refractivity contribution in [2.75, 3.05) is 0 Å². The highest BCUT2D eigenvalue weighted by Crippen LogP contribution is 2.02. The van der Waals surface area contributed by atoms with E-state index in [1.165, 1.54) is 0 Å². The van der Waals surface area contributed by atoms with Crippen LogP contribution in [0, 0.1) is 0 Å². The molecule has 0 atom stereocenters. The largest absolute Gasteiger partial charge is 0.449 e. The van der Waals surface area contributed by atoms with Crippen LogP contribution in [-0.2, 0) is 22.7 Å². The van der Waals surface area contributed by atoms with Crippen LogP contribution in [0.25, 0.3) is 0 Å². The first kappa shape index (κ1) is 18.0. The number of hydrogen-bond donors (Lipinski definition) is 0. The number of benzene rings is 2. The summed E-state index contributed by atoms with van der Waals surface area (Å²) in [7, 11) is 0. The fraction of sp³-hybridized carbons (Fsp3) is 0.125. The van der Waals surface area contributed by atoms with Gasteiger partial charge in [0.05, 0.1) is 0 Å². The molecule has 4 nitrogen and oxygen atoms in total. The lowest BCUT2D eigenvalue weighted by atomic mass is 10.2. The molecule has 0 heterocycles. The van der Waals surface area contributed by atoms with Gasteiger partial charge in [-0.1, -0.05) is 60.7 Å². The normalized spacial score (nSPS) is 9.18. The Hall–Kier alpha value is -2.04. The summed E-state index contributed by atoms with van der Waals surface area (Å²) >= 11 is 9.93. The first-order chi connectivity index (χ1) is 10.6. The van der Waals surface area contributed by atoms with Gasteiger partial charge in [-0.05, 0) is 11.1 Å². The first-order valence-corrected chi connectivity index (χ1v) is 7.06. The fourth-order valence-corrected chi connectivity index (χ4v) is 1.54. The third-order valence-electron chi connectivity index (χ3n) is 2.39. The summed E-state index contributed by atoms with van der Waals surface area (Å²) in [5.74, 6) is 0. The van der Waals surface area contributed by atoms with E-state index in [1.54, 1.807) is 0 Å². The maximum atomic E-state index is 10.2. The molecule has 0 aliphatic rings. The zero-order valence-corrected chi connectivity index (χ0v) is 13.1. The maximum Gasteiger partial charge on any atom is 0.404 e. The van der Waals surface area contributed by atoms with Gasteiger partial charge in [0, 0.05) is 23.2 Å². The van der Waals surface area contributed by atoms with Crippen LogP contribution in [0.15, 0.2) is 60.7 Å². The van der Waals surface area contributed by atoms with Gasteiger partial charge in [0.2, 0.25) is 0 Å². The predicted octanol–water partition coefficient (Wildman–Crippen LogP) is 5.12. The molecule has 0 radical (unpaired) electrons. The first-order valence-electron chi connectivity index (χ1n) is 6.30. The highest BCUT2D eigenvalue weighted by molar-refractivity contribution is 6.61. The van der Waals surface area contributed by atoms with Gasteiger partial charge in [0.25, 0.3) is 0 Å². The van der Waals surface area contributed by atoms with Gasteiger partial charge in [-0.25, -0.2) is 9.59 Å². The molecule has 2 aromatic carbocycles. The molecule has 2 rings (SSSR count). The Labute approximate surface area is 138 Å². The summed E-state index contributed by atoms with van der Waals surface area (Å²) < 4.78 is 9.11. The van der Waals surface area contributed by atoms with Crippen LogP contribution in [0.4, 0.5) is 9.59 Å². The van der Waals surface area contributed by atoms with Gasteiger partial charge in [-0.2, -0.15) is 0 Å². The van der Waals surface area contributed by atoms with Crippen molar-refractivity contribution in [3.63, 3.8) is 0 Å². The van der Waals surface area contributed by atoms with Crippen molar-refractivity contribution >= 4 is 34.1 Å². The van der Waals surface area contributed by atoms with Crippen molar-refractivity contribution < 1.29 is 19.1 Å². The summed E-state index contributed by atoms with van der Waals surface area (Å²) in [5, 5.41) is 0. The second-order valence-electron chi connectivity index (χ2n) is 4.02. The molecule has 0 unspecified atom stereocenters. The summed E-state index contributed by atoms with van der Waals surface area (Å²) in [6.07, 6.45) is 0. The van der Waals surface area contributed by atoms with Gasteiger partial charge in [-0.3, -0.25) is 0 Å². The lowest BCUT2D eigenvalue weighted by molar-refractivity contribution is 0.166. The molecule has 6 heteroatoms. The Bertz CT molecular complexity index is 520. The fourth-order valence-electron chi connectivity index (χ4n) is 1.43. The van der Waals surface area contributed by atoms with Crippen molar-refractivity contribution in [1.82, 2.24) is 0 Å². The minimum atomic E-state index is -0.770. The van der Waals surface area contributed by atoms with Crippen molar-refractivity contribution in [2.45, 2.75) is 13.2 Å². The van der Waals surface area contributed by atoms with Crippen LogP contribution >= 0.6 is 23.2 Å². The number of hydrogen-bond acceptors (Lipinski definition) is 4. The molecular formula is C16H14Cl2O4. The average molecular weight is 341 g/mol. The van der Waals surface area contributed by atoms with E-state index in [1.807, 2.05) is 60.7 Å². The summed E-state index contributed by atoms with van der Waals surface area (Å²) in [6, 6.07) is 18.7. The zero-order valence-electron chi connectivity index (χ0n) is 11.6. The highest BCUT2D eigenvalue weighted by Gasteiger charge is 1.96. The maximum absolute atomic E-state index is 10.2. The Morgan fingerprint density at radius 2 is 1.00 bits per heavy atom. The van der Waals surface area contributed by atoms with E-state index in [9.17, 15) is 9.59 Å². The number of ether oxygens (including phenoxy) is 2. The molecule has 0 aliphatic carbocycles. The smallest absolute Gasteiger partial charge is 0.404 e. The van der Waals surface area contributed by atoms with E-state index < -0.39 is 10.9 Å². The van der Waals surface area contributed by atoms with Gasteiger partial charge in [0.1, 0.15) is 13.2 Å². The molecule has 116 valence electrons. The molecule has 0 saturated carbocycles. The van der Waals surface area contributed by atoms with E-state index in [0.717, 1.165) is 11.1 Å². The van der Waals surface area contributed by atoms with Crippen LogP contribution < -0.4 is 0 Å². The third kappa shape index (κ3) is 9.00. The molecule has 0 fully saturated rings. The van der Waals surface area contributed by atoms with Crippen LogP contribution in [0.2, 0.25) is 0 Å². The van der Waals surface area contributed by atoms with Crippen LogP contribution in [-0.4, -0.2) is 10.9 Å². The number of rotatable bonds is 4. The standard InChI is InChI=1S/2C8H7ClO2/c2*9-8(10)11-6-7-4-2-1-3-5-7/h2*1-5H,6H2. The minimum absolute atomic E-state index is 0.239. The lowest BCUT2D eigenvalue weighted by Crippen LogP contribution is -1.93. The number of carbonyl (C=O) groups is 2. The Balaban J connectivity index is 0.000000220. The third-order valence-corrected chi connectivity index (χ3v) is 2.61. The van der Waals surface area contributed by atoms with Crippen LogP contribution in [0.5, 0.6) is 0 Å². The lowest BCUT2D eigenvalue weighted by Gasteiger charge is -1.98. The van der Waals surface area contributed by atoms with Gasteiger partial charge >= 0.3 is 10.9 Å². The molecule has 2 aromatic rings. The Morgan fingerprint density at radius 1 is 0.682 bits per heavy atom. The van der Waals surface area contributed by atoms with Crippen LogP contribution in [0.3, 0.4) is 0 Å². The second kappa shape index (κ2) is 10.7. The summed E-state index contributed by atoms with van der Waals surface area (Å²) in [4.78, 5) is 20.3. The SMILES string of the molecule is O=C(Cl)OCc1ccccc1.O=C(Cl)OCc1ccccc1. The van der Waals surface area contributed by atoms with Gasteiger partial charge in [-0.15, -0.1) is 0 Å². The molecule has 0 N–H and O–H groups in total. The number of carbonyl (C=O) groups excluding carboxylic acids is 2. The van der Waals surface area contributed by atoms with E-state index in [0.29, 0.717) is 0 Å². The summed E-state index contributed by atoms with van der Waals surface area (Å²) in [6.45, 7) is 0.479. The van der Waals surface area contributed by atoms with Crippen LogP contribution in [0.1, 0.15) is 11.1 Å². The van der Waals surface area contributed by atoms with Gasteiger partial charge < -0.3 is 9.47 Å².